The fourth-order valence-electron chi connectivity index (χ4n) is 4.46. The molecule has 2 N–H and O–H groups in total. The van der Waals surface area contributed by atoms with Gasteiger partial charge in [-0.25, -0.2) is 0 Å². The number of benzene rings is 2. The van der Waals surface area contributed by atoms with E-state index in [-0.39, 0.29) is 18.6 Å². The van der Waals surface area contributed by atoms with Crippen molar-refractivity contribution in [2.75, 3.05) is 33.4 Å². The van der Waals surface area contributed by atoms with Crippen molar-refractivity contribution >= 4 is 10.8 Å². The lowest BCUT2D eigenvalue weighted by Crippen LogP contribution is -2.31. The van der Waals surface area contributed by atoms with Crippen molar-refractivity contribution in [1.82, 2.24) is 4.90 Å². The molecular weight excluding hydrogens is 290 g/mol. The largest absolute Gasteiger partial charge is 0.496 e. The van der Waals surface area contributed by atoms with Gasteiger partial charge in [-0.05, 0) is 28.7 Å². The standard InChI is InChI=1S/C19H23NO3/c1-23-18-7-6-13-4-2-3-5-14(13)15(18)8-20-9-16-17(10-20)19(16,11-21)12-22/h2-7,16-17,21-22H,8-12H2,1H3. The van der Waals surface area contributed by atoms with Gasteiger partial charge in [0.15, 0.2) is 0 Å². The number of rotatable bonds is 5. The van der Waals surface area contributed by atoms with Gasteiger partial charge in [0.2, 0.25) is 0 Å². The van der Waals surface area contributed by atoms with Crippen molar-refractivity contribution in [3.05, 3.63) is 42.0 Å². The van der Waals surface area contributed by atoms with E-state index in [9.17, 15) is 10.2 Å². The average molecular weight is 313 g/mol. The predicted octanol–water partition coefficient (Wildman–Crippen LogP) is 1.88. The van der Waals surface area contributed by atoms with Crippen molar-refractivity contribution in [1.29, 1.82) is 0 Å². The summed E-state index contributed by atoms with van der Waals surface area (Å²) in [6.07, 6.45) is 0. The van der Waals surface area contributed by atoms with Crippen LogP contribution in [0.4, 0.5) is 0 Å². The molecule has 1 aliphatic heterocycles. The summed E-state index contributed by atoms with van der Waals surface area (Å²) in [5, 5.41) is 21.6. The van der Waals surface area contributed by atoms with E-state index < -0.39 is 0 Å². The summed E-state index contributed by atoms with van der Waals surface area (Å²) in [7, 11) is 1.72. The van der Waals surface area contributed by atoms with Crippen molar-refractivity contribution in [3.63, 3.8) is 0 Å². The molecule has 0 amide bonds. The van der Waals surface area contributed by atoms with Crippen LogP contribution < -0.4 is 4.74 Å². The monoisotopic (exact) mass is 313 g/mol. The molecule has 2 aliphatic rings. The van der Waals surface area contributed by atoms with Gasteiger partial charge in [-0.15, -0.1) is 0 Å². The fraction of sp³-hybridized carbons (Fsp3) is 0.474. The van der Waals surface area contributed by atoms with Gasteiger partial charge >= 0.3 is 0 Å². The highest BCUT2D eigenvalue weighted by molar-refractivity contribution is 5.87. The Kier molecular flexibility index (Phi) is 3.56. The zero-order valence-electron chi connectivity index (χ0n) is 13.4. The number of aliphatic hydroxyl groups excluding tert-OH is 2. The SMILES string of the molecule is COc1ccc2ccccc2c1CN1CC2C(C1)C2(CO)CO. The summed E-state index contributed by atoms with van der Waals surface area (Å²) < 4.78 is 5.58. The first-order valence-corrected chi connectivity index (χ1v) is 8.22. The molecule has 122 valence electrons. The zero-order valence-corrected chi connectivity index (χ0v) is 13.4. The van der Waals surface area contributed by atoms with Gasteiger partial charge in [0, 0.05) is 30.6 Å². The number of aliphatic hydroxyl groups is 2. The van der Waals surface area contributed by atoms with Crippen LogP contribution in [0.2, 0.25) is 0 Å². The van der Waals surface area contributed by atoms with Crippen molar-refractivity contribution in [2.45, 2.75) is 6.54 Å². The van der Waals surface area contributed by atoms with Crippen LogP contribution in [-0.2, 0) is 6.54 Å². The Hall–Kier alpha value is -1.62. The molecule has 1 heterocycles. The summed E-state index contributed by atoms with van der Waals surface area (Å²) in [6.45, 7) is 2.94. The number of piperidine rings is 1. The fourth-order valence-corrected chi connectivity index (χ4v) is 4.46. The molecule has 0 aromatic heterocycles. The predicted molar refractivity (Wildman–Crippen MR) is 89.4 cm³/mol. The molecule has 0 radical (unpaired) electrons. The molecule has 1 saturated carbocycles. The van der Waals surface area contributed by atoms with Crippen LogP contribution in [0.25, 0.3) is 10.8 Å². The first-order chi connectivity index (χ1) is 11.2. The van der Waals surface area contributed by atoms with Crippen molar-refractivity contribution in [2.24, 2.45) is 17.3 Å². The van der Waals surface area contributed by atoms with Crippen LogP contribution >= 0.6 is 0 Å². The maximum Gasteiger partial charge on any atom is 0.123 e. The third-order valence-electron chi connectivity index (χ3n) is 5.95. The van der Waals surface area contributed by atoms with Crippen LogP contribution in [0.5, 0.6) is 5.75 Å². The normalized spacial score (nSPS) is 25.5. The van der Waals surface area contributed by atoms with Crippen LogP contribution in [0.3, 0.4) is 0 Å². The lowest BCUT2D eigenvalue weighted by molar-refractivity contribution is 0.0868. The molecule has 1 saturated heterocycles. The molecule has 23 heavy (non-hydrogen) atoms. The van der Waals surface area contributed by atoms with Gasteiger partial charge in [-0.3, -0.25) is 4.90 Å². The number of methoxy groups -OCH3 is 1. The minimum Gasteiger partial charge on any atom is -0.496 e. The Morgan fingerprint density at radius 2 is 1.78 bits per heavy atom. The zero-order chi connectivity index (χ0) is 16.0. The van der Waals surface area contributed by atoms with Crippen molar-refractivity contribution in [3.8, 4) is 5.75 Å². The summed E-state index contributed by atoms with van der Waals surface area (Å²) >= 11 is 0. The number of ether oxygens (including phenoxy) is 1. The van der Waals surface area contributed by atoms with E-state index in [0.29, 0.717) is 11.8 Å². The quantitative estimate of drug-likeness (QED) is 0.885. The number of hydrogen-bond acceptors (Lipinski definition) is 4. The van der Waals surface area contributed by atoms with Gasteiger partial charge < -0.3 is 14.9 Å². The van der Waals surface area contributed by atoms with Gasteiger partial charge in [-0.1, -0.05) is 30.3 Å². The van der Waals surface area contributed by atoms with Crippen LogP contribution in [-0.4, -0.2) is 48.5 Å². The number of hydrogen-bond donors (Lipinski definition) is 2. The Labute approximate surface area is 136 Å². The number of likely N-dealkylation sites (tertiary alicyclic amines) is 1. The lowest BCUT2D eigenvalue weighted by atomic mass is 10.0. The smallest absolute Gasteiger partial charge is 0.123 e. The number of fused-ring (bicyclic) bond motifs is 2. The molecule has 4 rings (SSSR count). The Balaban J connectivity index is 1.58. The van der Waals surface area contributed by atoms with Crippen LogP contribution in [0, 0.1) is 17.3 Å². The highest BCUT2D eigenvalue weighted by atomic mass is 16.5. The molecule has 2 fully saturated rings. The second-order valence-corrected chi connectivity index (χ2v) is 6.92. The first kappa shape index (κ1) is 14.9. The second-order valence-electron chi connectivity index (χ2n) is 6.92. The summed E-state index contributed by atoms with van der Waals surface area (Å²) in [5.74, 6) is 1.79. The van der Waals surface area contributed by atoms with E-state index in [2.05, 4.69) is 35.2 Å². The first-order valence-electron chi connectivity index (χ1n) is 8.22. The lowest BCUT2D eigenvalue weighted by Gasteiger charge is -2.25. The molecule has 4 heteroatoms. The van der Waals surface area contributed by atoms with Crippen LogP contribution in [0.1, 0.15) is 5.56 Å². The van der Waals surface area contributed by atoms with Gasteiger partial charge in [-0.2, -0.15) is 0 Å². The number of nitrogens with zero attached hydrogens (tertiary/aromatic N) is 1. The molecule has 4 nitrogen and oxygen atoms in total. The minimum atomic E-state index is -0.223. The molecular formula is C19H23NO3. The molecule has 2 atom stereocenters. The summed E-state index contributed by atoms with van der Waals surface area (Å²) in [6, 6.07) is 12.5. The molecule has 2 unspecified atom stereocenters. The average Bonchev–Trinajstić information content (AvgIpc) is 2.96. The van der Waals surface area contributed by atoms with E-state index in [1.54, 1.807) is 7.11 Å². The van der Waals surface area contributed by atoms with Gasteiger partial charge in [0.25, 0.3) is 0 Å². The summed E-state index contributed by atoms with van der Waals surface area (Å²) in [5.41, 5.74) is 1.00. The molecule has 2 aromatic rings. The maximum absolute atomic E-state index is 9.56. The highest BCUT2D eigenvalue weighted by Gasteiger charge is 2.67. The minimum absolute atomic E-state index is 0.101. The molecule has 1 aliphatic carbocycles. The summed E-state index contributed by atoms with van der Waals surface area (Å²) in [4.78, 5) is 2.42. The highest BCUT2D eigenvalue weighted by Crippen LogP contribution is 2.62. The van der Waals surface area contributed by atoms with Gasteiger partial charge in [0.1, 0.15) is 5.75 Å². The van der Waals surface area contributed by atoms with E-state index >= 15 is 0 Å². The molecule has 0 spiro atoms. The van der Waals surface area contributed by atoms with Crippen LogP contribution in [0.15, 0.2) is 36.4 Å². The van der Waals surface area contributed by atoms with Crippen molar-refractivity contribution < 1.29 is 14.9 Å². The third-order valence-corrected chi connectivity index (χ3v) is 5.95. The topological polar surface area (TPSA) is 52.9 Å². The molecule has 0 bridgehead atoms. The Morgan fingerprint density at radius 1 is 1.09 bits per heavy atom. The second kappa shape index (κ2) is 5.48. The van der Waals surface area contributed by atoms with E-state index in [0.717, 1.165) is 25.4 Å². The third kappa shape index (κ3) is 2.17. The van der Waals surface area contributed by atoms with E-state index in [4.69, 9.17) is 4.74 Å². The Morgan fingerprint density at radius 3 is 2.43 bits per heavy atom. The Bertz CT molecular complexity index is 712. The maximum atomic E-state index is 9.56. The van der Waals surface area contributed by atoms with Gasteiger partial charge in [0.05, 0.1) is 20.3 Å². The van der Waals surface area contributed by atoms with E-state index in [1.807, 2.05) is 6.07 Å². The molecule has 2 aromatic carbocycles. The van der Waals surface area contributed by atoms with E-state index in [1.165, 1.54) is 16.3 Å².